The largest absolute Gasteiger partial charge is 0.505 e. The van der Waals surface area contributed by atoms with Crippen LogP contribution >= 0.6 is 0 Å². The lowest BCUT2D eigenvalue weighted by atomic mass is 10.0. The Morgan fingerprint density at radius 1 is 1.12 bits per heavy atom. The second-order valence-electron chi connectivity index (χ2n) is 3.38. The Morgan fingerprint density at radius 2 is 1.88 bits per heavy atom. The standard InChI is InChI=1S/C13H9FO2/c14-13-11(5-2-6-12(13)16)10-4-1-3-9(7-10)8-15/h1-8,16H. The van der Waals surface area contributed by atoms with E-state index in [1.165, 1.54) is 6.07 Å². The van der Waals surface area contributed by atoms with Crippen molar-refractivity contribution in [3.05, 3.63) is 53.8 Å². The quantitative estimate of drug-likeness (QED) is 0.783. The Balaban J connectivity index is 2.58. The summed E-state index contributed by atoms with van der Waals surface area (Å²) in [5, 5.41) is 9.24. The van der Waals surface area contributed by atoms with Gasteiger partial charge in [0.25, 0.3) is 0 Å². The number of halogens is 1. The number of aromatic hydroxyl groups is 1. The van der Waals surface area contributed by atoms with Gasteiger partial charge in [0.2, 0.25) is 0 Å². The molecule has 0 radical (unpaired) electrons. The zero-order chi connectivity index (χ0) is 11.5. The molecule has 0 saturated carbocycles. The second kappa shape index (κ2) is 4.14. The molecule has 0 aromatic heterocycles. The molecule has 2 aromatic rings. The summed E-state index contributed by atoms with van der Waals surface area (Å²) in [5.41, 5.74) is 1.32. The van der Waals surface area contributed by atoms with E-state index in [2.05, 4.69) is 0 Å². The third-order valence-corrected chi connectivity index (χ3v) is 2.31. The summed E-state index contributed by atoms with van der Waals surface area (Å²) in [6.07, 6.45) is 0.699. The van der Waals surface area contributed by atoms with E-state index in [-0.39, 0.29) is 5.56 Å². The van der Waals surface area contributed by atoms with Crippen LogP contribution in [0.15, 0.2) is 42.5 Å². The van der Waals surface area contributed by atoms with Crippen molar-refractivity contribution in [2.45, 2.75) is 0 Å². The lowest BCUT2D eigenvalue weighted by Crippen LogP contribution is -1.86. The normalized spacial score (nSPS) is 10.1. The van der Waals surface area contributed by atoms with Gasteiger partial charge in [0.15, 0.2) is 11.6 Å². The number of rotatable bonds is 2. The first-order valence-corrected chi connectivity index (χ1v) is 4.75. The van der Waals surface area contributed by atoms with Crippen LogP contribution in [0.1, 0.15) is 10.4 Å². The molecular formula is C13H9FO2. The second-order valence-corrected chi connectivity index (χ2v) is 3.38. The van der Waals surface area contributed by atoms with E-state index < -0.39 is 11.6 Å². The smallest absolute Gasteiger partial charge is 0.172 e. The molecular weight excluding hydrogens is 207 g/mol. The molecule has 2 aromatic carbocycles. The summed E-state index contributed by atoms with van der Waals surface area (Å²) in [4.78, 5) is 10.6. The summed E-state index contributed by atoms with van der Waals surface area (Å²) in [6.45, 7) is 0. The maximum Gasteiger partial charge on any atom is 0.172 e. The summed E-state index contributed by atoms with van der Waals surface area (Å²) in [5.74, 6) is -1.07. The van der Waals surface area contributed by atoms with Crippen LogP contribution in [0, 0.1) is 5.82 Å². The molecule has 0 aliphatic carbocycles. The molecule has 1 N–H and O–H groups in total. The van der Waals surface area contributed by atoms with E-state index in [4.69, 9.17) is 0 Å². The molecule has 0 bridgehead atoms. The van der Waals surface area contributed by atoms with Gasteiger partial charge in [0.05, 0.1) is 0 Å². The van der Waals surface area contributed by atoms with Crippen molar-refractivity contribution in [2.24, 2.45) is 0 Å². The molecule has 0 aliphatic heterocycles. The summed E-state index contributed by atoms with van der Waals surface area (Å²) in [7, 11) is 0. The molecule has 0 spiro atoms. The van der Waals surface area contributed by atoms with Crippen molar-refractivity contribution < 1.29 is 14.3 Å². The predicted molar refractivity (Wildman–Crippen MR) is 58.9 cm³/mol. The van der Waals surface area contributed by atoms with Gasteiger partial charge in [0, 0.05) is 11.1 Å². The van der Waals surface area contributed by atoms with Crippen LogP contribution < -0.4 is 0 Å². The van der Waals surface area contributed by atoms with E-state index in [9.17, 15) is 14.3 Å². The molecule has 0 unspecified atom stereocenters. The Morgan fingerprint density at radius 3 is 2.62 bits per heavy atom. The molecule has 2 rings (SSSR count). The molecule has 16 heavy (non-hydrogen) atoms. The van der Waals surface area contributed by atoms with E-state index in [1.807, 2.05) is 0 Å². The summed E-state index contributed by atoms with van der Waals surface area (Å²) in [6, 6.07) is 11.0. The first-order valence-electron chi connectivity index (χ1n) is 4.75. The molecule has 0 fully saturated rings. The van der Waals surface area contributed by atoms with Crippen molar-refractivity contribution in [3.63, 3.8) is 0 Å². The highest BCUT2D eigenvalue weighted by Gasteiger charge is 2.08. The van der Waals surface area contributed by atoms with Crippen LogP contribution in [0.4, 0.5) is 4.39 Å². The highest BCUT2D eigenvalue weighted by atomic mass is 19.1. The monoisotopic (exact) mass is 216 g/mol. The van der Waals surface area contributed by atoms with Crippen LogP contribution in [-0.4, -0.2) is 11.4 Å². The van der Waals surface area contributed by atoms with Crippen molar-refractivity contribution in [1.29, 1.82) is 0 Å². The first kappa shape index (κ1) is 10.4. The first-order chi connectivity index (χ1) is 7.72. The van der Waals surface area contributed by atoms with Crippen molar-refractivity contribution in [3.8, 4) is 16.9 Å². The number of phenolic OH excluding ortho intramolecular Hbond substituents is 1. The van der Waals surface area contributed by atoms with Crippen LogP contribution in [-0.2, 0) is 0 Å². The van der Waals surface area contributed by atoms with Crippen molar-refractivity contribution >= 4 is 6.29 Å². The van der Waals surface area contributed by atoms with Crippen LogP contribution in [0.3, 0.4) is 0 Å². The van der Waals surface area contributed by atoms with Gasteiger partial charge in [0.1, 0.15) is 6.29 Å². The van der Waals surface area contributed by atoms with Crippen molar-refractivity contribution in [1.82, 2.24) is 0 Å². The highest BCUT2D eigenvalue weighted by molar-refractivity contribution is 5.79. The van der Waals surface area contributed by atoms with E-state index in [1.54, 1.807) is 36.4 Å². The maximum absolute atomic E-state index is 13.6. The fourth-order valence-electron chi connectivity index (χ4n) is 1.52. The third kappa shape index (κ3) is 1.80. The van der Waals surface area contributed by atoms with Gasteiger partial charge < -0.3 is 5.11 Å². The third-order valence-electron chi connectivity index (χ3n) is 2.31. The molecule has 0 heterocycles. The van der Waals surface area contributed by atoms with Gasteiger partial charge in [-0.1, -0.05) is 30.3 Å². The van der Waals surface area contributed by atoms with E-state index in [0.717, 1.165) is 0 Å². The van der Waals surface area contributed by atoms with E-state index >= 15 is 0 Å². The van der Waals surface area contributed by atoms with Gasteiger partial charge >= 0.3 is 0 Å². The average molecular weight is 216 g/mol. The van der Waals surface area contributed by atoms with Crippen LogP contribution in [0.5, 0.6) is 5.75 Å². The van der Waals surface area contributed by atoms with Gasteiger partial charge in [-0.05, 0) is 17.7 Å². The predicted octanol–water partition coefficient (Wildman–Crippen LogP) is 3.01. The molecule has 3 heteroatoms. The molecule has 0 aliphatic rings. The topological polar surface area (TPSA) is 37.3 Å². The van der Waals surface area contributed by atoms with Crippen LogP contribution in [0.2, 0.25) is 0 Å². The summed E-state index contributed by atoms with van der Waals surface area (Å²) >= 11 is 0. The number of phenols is 1. The average Bonchev–Trinajstić information content (AvgIpc) is 2.33. The fraction of sp³-hybridized carbons (Fsp3) is 0. The minimum Gasteiger partial charge on any atom is -0.505 e. The maximum atomic E-state index is 13.6. The Bertz CT molecular complexity index is 535. The lowest BCUT2D eigenvalue weighted by Gasteiger charge is -2.05. The molecule has 80 valence electrons. The highest BCUT2D eigenvalue weighted by Crippen LogP contribution is 2.28. The van der Waals surface area contributed by atoms with Gasteiger partial charge in [-0.2, -0.15) is 0 Å². The van der Waals surface area contributed by atoms with Gasteiger partial charge in [-0.15, -0.1) is 0 Å². The SMILES string of the molecule is O=Cc1cccc(-c2cccc(O)c2F)c1. The van der Waals surface area contributed by atoms with Crippen LogP contribution in [0.25, 0.3) is 11.1 Å². The minimum atomic E-state index is -0.675. The number of aldehydes is 1. The number of benzene rings is 2. The minimum absolute atomic E-state index is 0.281. The number of carbonyl (C=O) groups excluding carboxylic acids is 1. The number of hydrogen-bond acceptors (Lipinski definition) is 2. The number of hydrogen-bond donors (Lipinski definition) is 1. The number of carbonyl (C=O) groups is 1. The molecule has 2 nitrogen and oxygen atoms in total. The lowest BCUT2D eigenvalue weighted by molar-refractivity contribution is 0.112. The zero-order valence-electron chi connectivity index (χ0n) is 8.35. The zero-order valence-corrected chi connectivity index (χ0v) is 8.35. The Labute approximate surface area is 92.0 Å². The Kier molecular flexibility index (Phi) is 2.68. The summed E-state index contributed by atoms with van der Waals surface area (Å²) < 4.78 is 13.6. The van der Waals surface area contributed by atoms with Crippen molar-refractivity contribution in [2.75, 3.05) is 0 Å². The van der Waals surface area contributed by atoms with Gasteiger partial charge in [-0.25, -0.2) is 4.39 Å². The van der Waals surface area contributed by atoms with E-state index in [0.29, 0.717) is 17.4 Å². The molecule has 0 atom stereocenters. The van der Waals surface area contributed by atoms with Gasteiger partial charge in [-0.3, -0.25) is 4.79 Å². The Hall–Kier alpha value is -2.16. The molecule has 0 amide bonds. The fourth-order valence-corrected chi connectivity index (χ4v) is 1.52. The molecule has 0 saturated heterocycles.